The topological polar surface area (TPSA) is 88.4 Å². The van der Waals surface area contributed by atoms with Crippen molar-refractivity contribution in [1.82, 2.24) is 0 Å². The number of benzene rings is 2. The van der Waals surface area contributed by atoms with Gasteiger partial charge >= 0.3 is 6.18 Å². The molecule has 0 bridgehead atoms. The van der Waals surface area contributed by atoms with E-state index in [0.717, 1.165) is 12.1 Å². The molecule has 0 aliphatic heterocycles. The number of hydrogen-bond acceptors (Lipinski definition) is 4. The van der Waals surface area contributed by atoms with Gasteiger partial charge in [0.2, 0.25) is 0 Å². The van der Waals surface area contributed by atoms with E-state index in [-0.39, 0.29) is 16.3 Å². The van der Waals surface area contributed by atoms with Crippen molar-refractivity contribution in [2.24, 2.45) is 0 Å². The van der Waals surface area contributed by atoms with E-state index in [1.54, 1.807) is 6.07 Å². The molecule has 0 aliphatic carbocycles. The van der Waals surface area contributed by atoms with E-state index in [1.807, 2.05) is 0 Å². The van der Waals surface area contributed by atoms with Crippen LogP contribution in [0.15, 0.2) is 76.2 Å². The van der Waals surface area contributed by atoms with Gasteiger partial charge in [0.25, 0.3) is 15.9 Å². The van der Waals surface area contributed by atoms with E-state index in [1.165, 1.54) is 36.6 Å². The average Bonchev–Trinajstić information content (AvgIpc) is 3.16. The number of halogens is 3. The Balaban J connectivity index is 1.76. The summed E-state index contributed by atoms with van der Waals surface area (Å²) in [7, 11) is -4.11. The van der Waals surface area contributed by atoms with E-state index in [0.29, 0.717) is 17.8 Å². The fraction of sp³-hybridized carbons (Fsp3) is 0.0556. The lowest BCUT2D eigenvalue weighted by Gasteiger charge is -2.11. The Hall–Kier alpha value is -3.27. The molecule has 0 saturated heterocycles. The van der Waals surface area contributed by atoms with Crippen LogP contribution >= 0.6 is 0 Å². The van der Waals surface area contributed by atoms with E-state index in [9.17, 15) is 26.4 Å². The monoisotopic (exact) mass is 410 g/mol. The van der Waals surface area contributed by atoms with Crippen molar-refractivity contribution in [1.29, 1.82) is 0 Å². The minimum atomic E-state index is -4.56. The molecule has 10 heteroatoms. The quantitative estimate of drug-likeness (QED) is 0.655. The van der Waals surface area contributed by atoms with Crippen molar-refractivity contribution in [2.45, 2.75) is 11.1 Å². The summed E-state index contributed by atoms with van der Waals surface area (Å²) in [6, 6.07) is 12.0. The van der Waals surface area contributed by atoms with Crippen LogP contribution in [0.25, 0.3) is 0 Å². The SMILES string of the molecule is O=C(Nc1cccc(NS(=O)(=O)c2ccc(C(F)(F)F)cc2)c1)c1ccco1. The number of alkyl halides is 3. The minimum Gasteiger partial charge on any atom is -0.459 e. The maximum Gasteiger partial charge on any atom is 0.416 e. The third-order valence-corrected chi connectivity index (χ3v) is 5.01. The lowest BCUT2D eigenvalue weighted by molar-refractivity contribution is -0.137. The second-order valence-corrected chi connectivity index (χ2v) is 7.32. The molecule has 0 fully saturated rings. The van der Waals surface area contributed by atoms with Gasteiger partial charge < -0.3 is 9.73 Å². The fourth-order valence-electron chi connectivity index (χ4n) is 2.30. The highest BCUT2D eigenvalue weighted by molar-refractivity contribution is 7.92. The summed E-state index contributed by atoms with van der Waals surface area (Å²) < 4.78 is 69.8. The van der Waals surface area contributed by atoms with Crippen LogP contribution < -0.4 is 10.0 Å². The highest BCUT2D eigenvalue weighted by Crippen LogP contribution is 2.30. The lowest BCUT2D eigenvalue weighted by Crippen LogP contribution is -2.14. The number of rotatable bonds is 5. The molecule has 146 valence electrons. The third kappa shape index (κ3) is 4.52. The van der Waals surface area contributed by atoms with Gasteiger partial charge in [0.05, 0.1) is 22.4 Å². The Bertz CT molecular complexity index is 1080. The Labute approximate surface area is 158 Å². The smallest absolute Gasteiger partial charge is 0.416 e. The first kappa shape index (κ1) is 19.5. The molecule has 0 unspecified atom stereocenters. The van der Waals surface area contributed by atoms with Crippen molar-refractivity contribution in [3.63, 3.8) is 0 Å². The third-order valence-electron chi connectivity index (χ3n) is 3.61. The second kappa shape index (κ2) is 7.39. The lowest BCUT2D eigenvalue weighted by atomic mass is 10.2. The summed E-state index contributed by atoms with van der Waals surface area (Å²) >= 11 is 0. The molecule has 6 nitrogen and oxygen atoms in total. The van der Waals surface area contributed by atoms with Crippen LogP contribution in [-0.2, 0) is 16.2 Å². The maximum absolute atomic E-state index is 12.6. The van der Waals surface area contributed by atoms with Crippen LogP contribution in [-0.4, -0.2) is 14.3 Å². The van der Waals surface area contributed by atoms with Crippen molar-refractivity contribution >= 4 is 27.3 Å². The van der Waals surface area contributed by atoms with Crippen molar-refractivity contribution < 1.29 is 30.8 Å². The molecule has 0 saturated carbocycles. The maximum atomic E-state index is 12.6. The Morgan fingerprint density at radius 3 is 2.21 bits per heavy atom. The summed E-state index contributed by atoms with van der Waals surface area (Å²) in [6.07, 6.45) is -3.22. The number of nitrogens with one attached hydrogen (secondary N) is 2. The van der Waals surface area contributed by atoms with Crippen LogP contribution in [0.3, 0.4) is 0 Å². The minimum absolute atomic E-state index is 0.0794. The molecule has 2 N–H and O–H groups in total. The molecule has 1 heterocycles. The number of furan rings is 1. The van der Waals surface area contributed by atoms with Crippen LogP contribution in [0.1, 0.15) is 16.1 Å². The number of anilines is 2. The van der Waals surface area contributed by atoms with Gasteiger partial charge in [-0.25, -0.2) is 8.42 Å². The Kier molecular flexibility index (Phi) is 5.14. The number of carbonyl (C=O) groups excluding carboxylic acids is 1. The first-order valence-corrected chi connectivity index (χ1v) is 9.28. The van der Waals surface area contributed by atoms with Gasteiger partial charge in [0.1, 0.15) is 0 Å². The van der Waals surface area contributed by atoms with Gasteiger partial charge in [-0.3, -0.25) is 9.52 Å². The van der Waals surface area contributed by atoms with Crippen LogP contribution in [0.5, 0.6) is 0 Å². The zero-order chi connectivity index (χ0) is 20.4. The largest absolute Gasteiger partial charge is 0.459 e. The van der Waals surface area contributed by atoms with Gasteiger partial charge in [-0.2, -0.15) is 13.2 Å². The number of amides is 1. The molecule has 0 aliphatic rings. The molecule has 3 aromatic rings. The van der Waals surface area contributed by atoms with Crippen LogP contribution in [0, 0.1) is 0 Å². The summed E-state index contributed by atoms with van der Waals surface area (Å²) in [5.74, 6) is -0.441. The normalized spacial score (nSPS) is 11.8. The molecule has 3 rings (SSSR count). The molecule has 0 atom stereocenters. The molecule has 2 aromatic carbocycles. The molecule has 0 spiro atoms. The molecule has 1 aromatic heterocycles. The predicted molar refractivity (Wildman–Crippen MR) is 95.4 cm³/mol. The van der Waals surface area contributed by atoms with Crippen LogP contribution in [0.4, 0.5) is 24.5 Å². The van der Waals surface area contributed by atoms with Gasteiger partial charge in [-0.15, -0.1) is 0 Å². The zero-order valence-corrected chi connectivity index (χ0v) is 14.8. The summed E-state index contributed by atoms with van der Waals surface area (Å²) in [5.41, 5.74) is -0.528. The van der Waals surface area contributed by atoms with E-state index in [4.69, 9.17) is 4.42 Å². The predicted octanol–water partition coefficient (Wildman–Crippen LogP) is 4.35. The van der Waals surface area contributed by atoms with Gasteiger partial charge in [-0.1, -0.05) is 6.07 Å². The highest BCUT2D eigenvalue weighted by atomic mass is 32.2. The van der Waals surface area contributed by atoms with E-state index in [2.05, 4.69) is 10.0 Å². The molecular weight excluding hydrogens is 397 g/mol. The second-order valence-electron chi connectivity index (χ2n) is 5.64. The summed E-state index contributed by atoms with van der Waals surface area (Å²) in [5, 5.41) is 2.54. The molecule has 0 radical (unpaired) electrons. The fourth-order valence-corrected chi connectivity index (χ4v) is 3.35. The molecule has 1 amide bonds. The molecular formula is C18H13F3N2O4S. The highest BCUT2D eigenvalue weighted by Gasteiger charge is 2.30. The van der Waals surface area contributed by atoms with Crippen molar-refractivity contribution in [3.8, 4) is 0 Å². The molecule has 28 heavy (non-hydrogen) atoms. The van der Waals surface area contributed by atoms with Crippen molar-refractivity contribution in [3.05, 3.63) is 78.3 Å². The van der Waals surface area contributed by atoms with Gasteiger partial charge in [-0.05, 0) is 54.6 Å². The Morgan fingerprint density at radius 1 is 0.929 bits per heavy atom. The van der Waals surface area contributed by atoms with Gasteiger partial charge in [0.15, 0.2) is 5.76 Å². The standard InChI is InChI=1S/C18H13F3N2O4S/c19-18(20,21)12-6-8-15(9-7-12)28(25,26)23-14-4-1-3-13(11-14)22-17(24)16-5-2-10-27-16/h1-11,23H,(H,22,24). The number of sulfonamides is 1. The summed E-state index contributed by atoms with van der Waals surface area (Å²) in [6.45, 7) is 0. The first-order valence-electron chi connectivity index (χ1n) is 7.80. The van der Waals surface area contributed by atoms with Crippen molar-refractivity contribution in [2.75, 3.05) is 10.0 Å². The van der Waals surface area contributed by atoms with Crippen LogP contribution in [0.2, 0.25) is 0 Å². The zero-order valence-electron chi connectivity index (χ0n) is 14.0. The van der Waals surface area contributed by atoms with E-state index >= 15 is 0 Å². The summed E-state index contributed by atoms with van der Waals surface area (Å²) in [4.78, 5) is 11.6. The number of carbonyl (C=O) groups is 1. The average molecular weight is 410 g/mol. The van der Waals surface area contributed by atoms with E-state index < -0.39 is 27.7 Å². The number of hydrogen-bond donors (Lipinski definition) is 2. The van der Waals surface area contributed by atoms with Gasteiger partial charge in [0, 0.05) is 5.69 Å². The Morgan fingerprint density at radius 2 is 1.61 bits per heavy atom. The first-order chi connectivity index (χ1) is 13.1.